The molecule has 3 heteroatoms. The van der Waals surface area contributed by atoms with Gasteiger partial charge in [0.25, 0.3) is 0 Å². The van der Waals surface area contributed by atoms with E-state index in [1.165, 1.54) is 0 Å². The van der Waals surface area contributed by atoms with Gasteiger partial charge in [-0.3, -0.25) is 0 Å². The molecule has 3 aromatic rings. The lowest BCUT2D eigenvalue weighted by molar-refractivity contribution is 0.563. The van der Waals surface area contributed by atoms with Crippen molar-refractivity contribution in [2.75, 3.05) is 0 Å². The van der Waals surface area contributed by atoms with Crippen molar-refractivity contribution in [3.05, 3.63) is 48.5 Å². The highest BCUT2D eigenvalue weighted by Gasteiger charge is 2.14. The molecule has 0 aliphatic heterocycles. The van der Waals surface area contributed by atoms with Crippen molar-refractivity contribution in [3.8, 4) is 0 Å². The smallest absolute Gasteiger partial charge is 0.250 e. The molecule has 0 amide bonds. The maximum Gasteiger partial charge on any atom is 1.00 e. The number of hydrogen-bond acceptors (Lipinski definition) is 2. The molecule has 0 spiro atoms. The predicted molar refractivity (Wildman–Crippen MR) is 62.4 cm³/mol. The van der Waals surface area contributed by atoms with E-state index in [4.69, 9.17) is 4.20 Å². The van der Waals surface area contributed by atoms with Gasteiger partial charge in [0.2, 0.25) is 5.12 Å². The Morgan fingerprint density at radius 3 is 2.47 bits per heavy atom. The summed E-state index contributed by atoms with van der Waals surface area (Å²) in [6.45, 7) is 0. The number of fused-ring (bicyclic) bond motifs is 3. The van der Waals surface area contributed by atoms with Crippen molar-refractivity contribution >= 4 is 29.1 Å². The molecular weight excluding hydrogens is 207 g/mol. The quantitative estimate of drug-likeness (QED) is 0.520. The summed E-state index contributed by atoms with van der Waals surface area (Å²) in [4.78, 5) is 0. The van der Waals surface area contributed by atoms with E-state index >= 15 is 0 Å². The fourth-order valence-corrected chi connectivity index (χ4v) is 2.80. The third-order valence-electron chi connectivity index (χ3n) is 2.46. The third-order valence-corrected chi connectivity index (χ3v) is 3.61. The lowest BCUT2D eigenvalue weighted by Crippen LogP contribution is -1.73. The van der Waals surface area contributed by atoms with E-state index in [9.17, 15) is 4.57 Å². The third kappa shape index (κ3) is 1.26. The highest BCUT2D eigenvalue weighted by atomic mass is 31.1. The molecule has 1 aromatic heterocycles. The molecule has 0 radical (unpaired) electrons. The summed E-state index contributed by atoms with van der Waals surface area (Å²) in [6.07, 6.45) is 0. The molecule has 1 atom stereocenters. The predicted octanol–water partition coefficient (Wildman–Crippen LogP) is 4.44. The van der Waals surface area contributed by atoms with Crippen LogP contribution in [0.3, 0.4) is 0 Å². The summed E-state index contributed by atoms with van der Waals surface area (Å²) in [5.74, 6) is 0. The van der Waals surface area contributed by atoms with E-state index < -0.39 is 7.65 Å². The van der Waals surface area contributed by atoms with Gasteiger partial charge in [0.15, 0.2) is 5.58 Å². The van der Waals surface area contributed by atoms with Crippen LogP contribution < -0.4 is 0 Å². The van der Waals surface area contributed by atoms with E-state index in [-0.39, 0.29) is 1.43 Å². The Hall–Kier alpha value is -1.66. The first-order chi connectivity index (χ1) is 7.36. The summed E-state index contributed by atoms with van der Waals surface area (Å²) in [5, 5.41) is 2.81. The van der Waals surface area contributed by atoms with Crippen molar-refractivity contribution < 1.29 is 10.2 Å². The molecule has 0 saturated carbocycles. The second-order valence-corrected chi connectivity index (χ2v) is 4.54. The zero-order valence-electron chi connectivity index (χ0n) is 8.88. The molecule has 0 bridgehead atoms. The second kappa shape index (κ2) is 3.18. The van der Waals surface area contributed by atoms with Gasteiger partial charge in [-0.2, -0.15) is 0 Å². The number of hydrogen-bond donors (Lipinski definition) is 0. The van der Waals surface area contributed by atoms with Gasteiger partial charge in [0, 0.05) is 10.8 Å². The van der Waals surface area contributed by atoms with Gasteiger partial charge in [0.1, 0.15) is 0 Å². The van der Waals surface area contributed by atoms with Crippen molar-refractivity contribution in [1.82, 2.24) is 0 Å². The molecule has 1 heterocycles. The first kappa shape index (κ1) is 8.63. The average molecular weight is 216 g/mol. The zero-order valence-corrected chi connectivity index (χ0v) is 8.78. The van der Waals surface area contributed by atoms with Gasteiger partial charge < -0.3 is 0 Å². The zero-order chi connectivity index (χ0) is 10.3. The maximum atomic E-state index is 11.8. The first-order valence-electron chi connectivity index (χ1n) is 4.70. The summed E-state index contributed by atoms with van der Waals surface area (Å²) in [6, 6.07) is 15.3. The van der Waals surface area contributed by atoms with E-state index in [0.29, 0.717) is 5.58 Å². The van der Waals surface area contributed by atoms with E-state index in [2.05, 4.69) is 0 Å². The van der Waals surface area contributed by atoms with E-state index in [0.717, 1.165) is 15.9 Å². The van der Waals surface area contributed by atoms with Gasteiger partial charge in [-0.1, -0.05) is 30.3 Å². The molecule has 2 nitrogen and oxygen atoms in total. The Kier molecular flexibility index (Phi) is 1.83. The van der Waals surface area contributed by atoms with E-state index in [1.54, 1.807) is 0 Å². The second-order valence-electron chi connectivity index (χ2n) is 3.36. The standard InChI is InChI=1S/C12H8O2P/c13-15-12-8-4-2-6-10(12)9-5-1-3-7-11(9)14-15/h1-8H/q+1/p+1. The summed E-state index contributed by atoms with van der Waals surface area (Å²) < 4.78 is 17.1. The molecular formula is C12H9O2P+2. The summed E-state index contributed by atoms with van der Waals surface area (Å²) >= 11 is 0. The van der Waals surface area contributed by atoms with Crippen LogP contribution in [0.5, 0.6) is 0 Å². The Morgan fingerprint density at radius 1 is 0.933 bits per heavy atom. The molecule has 2 aromatic carbocycles. The van der Waals surface area contributed by atoms with Crippen LogP contribution in [-0.2, 0) is 4.57 Å². The Balaban J connectivity index is 0.000000963. The Bertz CT molecular complexity index is 706. The van der Waals surface area contributed by atoms with Crippen LogP contribution in [0, 0.1) is 0 Å². The van der Waals surface area contributed by atoms with Gasteiger partial charge in [-0.15, -0.1) is 0 Å². The summed E-state index contributed by atoms with van der Waals surface area (Å²) in [5.41, 5.74) is 0.706. The minimum atomic E-state index is -1.74. The highest BCUT2D eigenvalue weighted by molar-refractivity contribution is 7.37. The Morgan fingerprint density at radius 2 is 1.60 bits per heavy atom. The number of benzene rings is 2. The minimum absolute atomic E-state index is 0. The van der Waals surface area contributed by atoms with Crippen molar-refractivity contribution in [2.24, 2.45) is 0 Å². The molecule has 72 valence electrons. The molecule has 15 heavy (non-hydrogen) atoms. The topological polar surface area (TPSA) is 30.2 Å². The van der Waals surface area contributed by atoms with Crippen molar-refractivity contribution in [1.29, 1.82) is 0 Å². The fourth-order valence-electron chi connectivity index (χ4n) is 1.77. The maximum absolute atomic E-state index is 11.8. The molecule has 3 rings (SSSR count). The largest absolute Gasteiger partial charge is 1.00 e. The minimum Gasteiger partial charge on any atom is -0.250 e. The monoisotopic (exact) mass is 216 g/mol. The number of para-hydroxylation sites is 1. The molecule has 0 saturated heterocycles. The van der Waals surface area contributed by atoms with Crippen LogP contribution in [0.25, 0.3) is 21.5 Å². The van der Waals surface area contributed by atoms with Crippen LogP contribution in [0.4, 0.5) is 0 Å². The highest BCUT2D eigenvalue weighted by Crippen LogP contribution is 2.34. The van der Waals surface area contributed by atoms with Crippen LogP contribution in [0.2, 0.25) is 0 Å². The average Bonchev–Trinajstić information content (AvgIpc) is 2.30. The molecule has 0 fully saturated rings. The van der Waals surface area contributed by atoms with Gasteiger partial charge in [0.05, 0.1) is 0 Å². The summed E-state index contributed by atoms with van der Waals surface area (Å²) in [7, 11) is -1.74. The SMILES string of the molecule is O=[p+]1oc2ccccc2c2ccccc21.[H+]. The molecule has 0 aliphatic carbocycles. The molecule has 0 N–H and O–H groups in total. The van der Waals surface area contributed by atoms with Crippen LogP contribution in [0.15, 0.2) is 52.7 Å². The lowest BCUT2D eigenvalue weighted by atomic mass is 10.1. The van der Waals surface area contributed by atoms with Crippen LogP contribution in [-0.4, -0.2) is 0 Å². The van der Waals surface area contributed by atoms with Gasteiger partial charge in [-0.05, 0) is 22.8 Å². The van der Waals surface area contributed by atoms with Gasteiger partial charge >= 0.3 is 9.08 Å². The number of rotatable bonds is 0. The first-order valence-corrected chi connectivity index (χ1v) is 5.88. The van der Waals surface area contributed by atoms with Crippen LogP contribution in [0.1, 0.15) is 1.43 Å². The van der Waals surface area contributed by atoms with Crippen LogP contribution >= 0.6 is 7.65 Å². The molecule has 0 aliphatic rings. The normalized spacial score (nSPS) is 12.1. The van der Waals surface area contributed by atoms with E-state index in [1.807, 2.05) is 48.5 Å². The van der Waals surface area contributed by atoms with Crippen molar-refractivity contribution in [2.45, 2.75) is 0 Å². The molecule has 1 unspecified atom stereocenters. The van der Waals surface area contributed by atoms with Crippen molar-refractivity contribution in [3.63, 3.8) is 0 Å². The fraction of sp³-hybridized carbons (Fsp3) is 0. The van der Waals surface area contributed by atoms with Gasteiger partial charge in [-0.25, -0.2) is 4.20 Å². The lowest BCUT2D eigenvalue weighted by Gasteiger charge is -1.94. The Labute approximate surface area is 88.5 Å².